The van der Waals surface area contributed by atoms with Crippen LogP contribution in [0.1, 0.15) is 24.3 Å². The Balaban J connectivity index is 2.62. The predicted octanol–water partition coefficient (Wildman–Crippen LogP) is 3.02. The molecule has 0 spiro atoms. The fourth-order valence-electron chi connectivity index (χ4n) is 1.74. The van der Waals surface area contributed by atoms with Crippen LogP contribution in [0.4, 0.5) is 0 Å². The Kier molecular flexibility index (Phi) is 2.30. The molecule has 0 saturated heterocycles. The molecule has 2 heteroatoms. The number of para-hydroxylation sites is 1. The zero-order valence-electron chi connectivity index (χ0n) is 8.79. The van der Waals surface area contributed by atoms with Crippen LogP contribution >= 0.6 is 0 Å². The molecule has 2 nitrogen and oxygen atoms in total. The van der Waals surface area contributed by atoms with Crippen molar-refractivity contribution in [3.05, 3.63) is 35.6 Å². The van der Waals surface area contributed by atoms with Gasteiger partial charge >= 0.3 is 0 Å². The zero-order valence-corrected chi connectivity index (χ0v) is 8.79. The Morgan fingerprint density at radius 2 is 2.00 bits per heavy atom. The number of fused-ring (bicyclic) bond motifs is 1. The second-order valence-electron chi connectivity index (χ2n) is 3.60. The summed E-state index contributed by atoms with van der Waals surface area (Å²) in [6, 6.07) is 8.41. The molecule has 2 rings (SSSR count). The first-order valence-corrected chi connectivity index (χ1v) is 4.89. The predicted molar refractivity (Wildman–Crippen MR) is 58.4 cm³/mol. The first-order valence-electron chi connectivity index (χ1n) is 4.89. The highest BCUT2D eigenvalue weighted by molar-refractivity contribution is 5.82. The molecule has 74 valence electrons. The minimum Gasteiger partial charge on any atom is -0.459 e. The highest BCUT2D eigenvalue weighted by atomic mass is 16.3. The highest BCUT2D eigenvalue weighted by Gasteiger charge is 2.14. The van der Waals surface area contributed by atoms with E-state index in [9.17, 15) is 0 Å². The molecule has 14 heavy (non-hydrogen) atoms. The van der Waals surface area contributed by atoms with Gasteiger partial charge in [0.05, 0.1) is 6.04 Å². The van der Waals surface area contributed by atoms with Crippen molar-refractivity contribution in [1.29, 1.82) is 0 Å². The van der Waals surface area contributed by atoms with Gasteiger partial charge in [-0.25, -0.2) is 0 Å². The maximum atomic E-state index is 5.79. The van der Waals surface area contributed by atoms with Gasteiger partial charge < -0.3 is 9.73 Å². The molecule has 0 aliphatic rings. The van der Waals surface area contributed by atoms with Crippen molar-refractivity contribution < 1.29 is 4.42 Å². The SMILES string of the molecule is CNC(C)c1oc2ccccc2c1C. The van der Waals surface area contributed by atoms with Crippen LogP contribution in [0.5, 0.6) is 0 Å². The molecular weight excluding hydrogens is 174 g/mol. The first kappa shape index (κ1) is 9.28. The summed E-state index contributed by atoms with van der Waals surface area (Å²) in [5.41, 5.74) is 2.21. The molecule has 1 aromatic carbocycles. The van der Waals surface area contributed by atoms with Gasteiger partial charge in [0.25, 0.3) is 0 Å². The largest absolute Gasteiger partial charge is 0.459 e. The van der Waals surface area contributed by atoms with E-state index in [4.69, 9.17) is 4.42 Å². The molecule has 2 aromatic rings. The number of hydrogen-bond donors (Lipinski definition) is 1. The van der Waals surface area contributed by atoms with Crippen LogP contribution < -0.4 is 5.32 Å². The summed E-state index contributed by atoms with van der Waals surface area (Å²) in [6.07, 6.45) is 0. The van der Waals surface area contributed by atoms with Gasteiger partial charge in [0.1, 0.15) is 11.3 Å². The van der Waals surface area contributed by atoms with E-state index in [0.717, 1.165) is 11.3 Å². The van der Waals surface area contributed by atoms with Gasteiger partial charge in [0.15, 0.2) is 0 Å². The molecular formula is C12H15NO. The molecule has 0 amide bonds. The lowest BCUT2D eigenvalue weighted by atomic mass is 10.1. The second-order valence-corrected chi connectivity index (χ2v) is 3.60. The van der Waals surface area contributed by atoms with Crippen molar-refractivity contribution in [2.75, 3.05) is 7.05 Å². The van der Waals surface area contributed by atoms with Gasteiger partial charge in [-0.05, 0) is 32.5 Å². The van der Waals surface area contributed by atoms with E-state index in [1.807, 2.05) is 25.2 Å². The van der Waals surface area contributed by atoms with Crippen LogP contribution in [0.15, 0.2) is 28.7 Å². The number of nitrogens with one attached hydrogen (secondary N) is 1. The van der Waals surface area contributed by atoms with Crippen molar-refractivity contribution >= 4 is 11.0 Å². The van der Waals surface area contributed by atoms with Gasteiger partial charge in [0.2, 0.25) is 0 Å². The quantitative estimate of drug-likeness (QED) is 0.785. The Hall–Kier alpha value is -1.28. The molecule has 1 unspecified atom stereocenters. The minimum atomic E-state index is 0.266. The summed E-state index contributed by atoms with van der Waals surface area (Å²) in [5, 5.41) is 4.40. The van der Waals surface area contributed by atoms with E-state index in [0.29, 0.717) is 0 Å². The fourth-order valence-corrected chi connectivity index (χ4v) is 1.74. The van der Waals surface area contributed by atoms with E-state index in [1.165, 1.54) is 10.9 Å². The molecule has 0 aliphatic heterocycles. The topological polar surface area (TPSA) is 25.2 Å². The summed E-state index contributed by atoms with van der Waals surface area (Å²) in [5.74, 6) is 1.04. The smallest absolute Gasteiger partial charge is 0.134 e. The monoisotopic (exact) mass is 189 g/mol. The number of hydrogen-bond acceptors (Lipinski definition) is 2. The van der Waals surface area contributed by atoms with Gasteiger partial charge in [-0.1, -0.05) is 18.2 Å². The number of furan rings is 1. The Bertz CT molecular complexity index is 445. The molecule has 0 aliphatic carbocycles. The third-order valence-electron chi connectivity index (χ3n) is 2.71. The van der Waals surface area contributed by atoms with Crippen LogP contribution in [0.2, 0.25) is 0 Å². The van der Waals surface area contributed by atoms with E-state index >= 15 is 0 Å². The lowest BCUT2D eigenvalue weighted by molar-refractivity contribution is 0.471. The van der Waals surface area contributed by atoms with Crippen molar-refractivity contribution in [1.82, 2.24) is 5.32 Å². The molecule has 1 aromatic heterocycles. The Morgan fingerprint density at radius 3 is 2.64 bits per heavy atom. The van der Waals surface area contributed by atoms with Crippen molar-refractivity contribution in [2.45, 2.75) is 19.9 Å². The van der Waals surface area contributed by atoms with Crippen molar-refractivity contribution in [3.8, 4) is 0 Å². The number of rotatable bonds is 2. The molecule has 1 atom stereocenters. The van der Waals surface area contributed by atoms with Gasteiger partial charge in [-0.2, -0.15) is 0 Å². The van der Waals surface area contributed by atoms with Crippen molar-refractivity contribution in [2.24, 2.45) is 0 Å². The lowest BCUT2D eigenvalue weighted by Gasteiger charge is -2.06. The number of aryl methyl sites for hydroxylation is 1. The fraction of sp³-hybridized carbons (Fsp3) is 0.333. The average molecular weight is 189 g/mol. The van der Waals surface area contributed by atoms with E-state index in [-0.39, 0.29) is 6.04 Å². The van der Waals surface area contributed by atoms with Crippen LogP contribution in [-0.4, -0.2) is 7.05 Å². The summed E-state index contributed by atoms with van der Waals surface area (Å²) in [6.45, 7) is 4.21. The van der Waals surface area contributed by atoms with Crippen molar-refractivity contribution in [3.63, 3.8) is 0 Å². The maximum Gasteiger partial charge on any atom is 0.134 e. The summed E-state index contributed by atoms with van der Waals surface area (Å²) >= 11 is 0. The molecule has 0 saturated carbocycles. The Morgan fingerprint density at radius 1 is 1.29 bits per heavy atom. The second kappa shape index (κ2) is 3.46. The minimum absolute atomic E-state index is 0.266. The Labute approximate surface area is 83.9 Å². The highest BCUT2D eigenvalue weighted by Crippen LogP contribution is 2.28. The molecule has 0 bridgehead atoms. The third kappa shape index (κ3) is 1.32. The molecule has 1 heterocycles. The van der Waals surface area contributed by atoms with E-state index in [1.54, 1.807) is 0 Å². The molecule has 0 radical (unpaired) electrons. The van der Waals surface area contributed by atoms with Gasteiger partial charge in [-0.3, -0.25) is 0 Å². The van der Waals surface area contributed by atoms with Crippen LogP contribution in [-0.2, 0) is 0 Å². The first-order chi connectivity index (χ1) is 6.74. The van der Waals surface area contributed by atoms with Gasteiger partial charge in [0, 0.05) is 5.39 Å². The summed E-state index contributed by atoms with van der Waals surface area (Å²) in [4.78, 5) is 0. The third-order valence-corrected chi connectivity index (χ3v) is 2.71. The lowest BCUT2D eigenvalue weighted by Crippen LogP contribution is -2.12. The summed E-state index contributed by atoms with van der Waals surface area (Å²) in [7, 11) is 1.94. The standard InChI is InChI=1S/C12H15NO/c1-8-10-6-4-5-7-11(10)14-12(8)9(2)13-3/h4-7,9,13H,1-3H3. The average Bonchev–Trinajstić information content (AvgIpc) is 2.56. The number of benzene rings is 1. The van der Waals surface area contributed by atoms with E-state index in [2.05, 4.69) is 25.2 Å². The van der Waals surface area contributed by atoms with E-state index < -0.39 is 0 Å². The molecule has 0 fully saturated rings. The zero-order chi connectivity index (χ0) is 10.1. The molecule has 1 N–H and O–H groups in total. The van der Waals surface area contributed by atoms with Crippen LogP contribution in [0.25, 0.3) is 11.0 Å². The van der Waals surface area contributed by atoms with Crippen LogP contribution in [0, 0.1) is 6.92 Å². The van der Waals surface area contributed by atoms with Crippen LogP contribution in [0.3, 0.4) is 0 Å². The normalized spacial score (nSPS) is 13.4. The maximum absolute atomic E-state index is 5.79. The van der Waals surface area contributed by atoms with Gasteiger partial charge in [-0.15, -0.1) is 0 Å². The summed E-state index contributed by atoms with van der Waals surface area (Å²) < 4.78 is 5.79.